The van der Waals surface area contributed by atoms with Gasteiger partial charge in [0.15, 0.2) is 0 Å². The molecule has 2 heterocycles. The molecule has 1 N–H and O–H groups in total. The standard InChI is InChI=1S/C15H19BrN2O/c1-3-15-13(7-8-19-15)14(17-4-2)9-12-6-5-11(16)10-18-12/h5-8,10,14,17H,3-4,9H2,1-2H3. The van der Waals surface area contributed by atoms with Crippen molar-refractivity contribution in [2.75, 3.05) is 6.54 Å². The van der Waals surface area contributed by atoms with Gasteiger partial charge in [-0.3, -0.25) is 4.98 Å². The molecular formula is C15H19BrN2O. The van der Waals surface area contributed by atoms with Crippen molar-refractivity contribution in [2.45, 2.75) is 32.7 Å². The summed E-state index contributed by atoms with van der Waals surface area (Å²) in [6, 6.07) is 6.40. The van der Waals surface area contributed by atoms with E-state index in [1.54, 1.807) is 6.26 Å². The molecule has 1 atom stereocenters. The number of hydrogen-bond donors (Lipinski definition) is 1. The van der Waals surface area contributed by atoms with E-state index in [1.165, 1.54) is 5.56 Å². The summed E-state index contributed by atoms with van der Waals surface area (Å²) in [6.45, 7) is 5.16. The number of nitrogens with zero attached hydrogens (tertiary/aromatic N) is 1. The molecule has 0 saturated heterocycles. The highest BCUT2D eigenvalue weighted by Gasteiger charge is 2.17. The number of rotatable bonds is 6. The molecule has 0 saturated carbocycles. The van der Waals surface area contributed by atoms with Crippen molar-refractivity contribution in [1.82, 2.24) is 10.3 Å². The van der Waals surface area contributed by atoms with E-state index in [2.05, 4.69) is 52.2 Å². The molecule has 19 heavy (non-hydrogen) atoms. The molecule has 0 aromatic carbocycles. The van der Waals surface area contributed by atoms with Crippen LogP contribution in [0.5, 0.6) is 0 Å². The molecule has 2 aromatic heterocycles. The molecule has 3 nitrogen and oxygen atoms in total. The van der Waals surface area contributed by atoms with Gasteiger partial charge in [0.25, 0.3) is 0 Å². The molecule has 0 fully saturated rings. The third-order valence-electron chi connectivity index (χ3n) is 3.13. The second kappa shape index (κ2) is 6.87. The molecule has 2 aromatic rings. The third-order valence-corrected chi connectivity index (χ3v) is 3.60. The first kappa shape index (κ1) is 14.3. The Morgan fingerprint density at radius 2 is 2.16 bits per heavy atom. The highest BCUT2D eigenvalue weighted by Crippen LogP contribution is 2.23. The Hall–Kier alpha value is -1.13. The lowest BCUT2D eigenvalue weighted by Crippen LogP contribution is -2.23. The van der Waals surface area contributed by atoms with E-state index in [0.717, 1.165) is 35.3 Å². The van der Waals surface area contributed by atoms with Crippen LogP contribution in [0.1, 0.15) is 36.9 Å². The van der Waals surface area contributed by atoms with E-state index in [-0.39, 0.29) is 6.04 Å². The SMILES string of the molecule is CCNC(Cc1ccc(Br)cn1)c1ccoc1CC. The van der Waals surface area contributed by atoms with Gasteiger partial charge in [-0.15, -0.1) is 0 Å². The molecule has 0 radical (unpaired) electrons. The normalized spacial score (nSPS) is 12.6. The minimum atomic E-state index is 0.257. The minimum absolute atomic E-state index is 0.257. The van der Waals surface area contributed by atoms with Gasteiger partial charge >= 0.3 is 0 Å². The van der Waals surface area contributed by atoms with Gasteiger partial charge in [-0.1, -0.05) is 13.8 Å². The van der Waals surface area contributed by atoms with E-state index < -0.39 is 0 Å². The van der Waals surface area contributed by atoms with E-state index in [1.807, 2.05) is 12.3 Å². The maximum Gasteiger partial charge on any atom is 0.108 e. The van der Waals surface area contributed by atoms with E-state index in [0.29, 0.717) is 0 Å². The lowest BCUT2D eigenvalue weighted by molar-refractivity contribution is 0.485. The Balaban J connectivity index is 2.18. The van der Waals surface area contributed by atoms with E-state index >= 15 is 0 Å². The molecule has 102 valence electrons. The van der Waals surface area contributed by atoms with Crippen LogP contribution in [0.25, 0.3) is 0 Å². The van der Waals surface area contributed by atoms with Crippen LogP contribution < -0.4 is 5.32 Å². The van der Waals surface area contributed by atoms with Crippen LogP contribution in [0.2, 0.25) is 0 Å². The zero-order chi connectivity index (χ0) is 13.7. The zero-order valence-electron chi connectivity index (χ0n) is 11.3. The molecule has 0 bridgehead atoms. The van der Waals surface area contributed by atoms with Crippen LogP contribution in [0.4, 0.5) is 0 Å². The number of nitrogens with one attached hydrogen (secondary N) is 1. The van der Waals surface area contributed by atoms with Crippen LogP contribution in [-0.4, -0.2) is 11.5 Å². The van der Waals surface area contributed by atoms with Crippen LogP contribution in [0, 0.1) is 0 Å². The number of aromatic nitrogens is 1. The van der Waals surface area contributed by atoms with Gasteiger partial charge in [0.1, 0.15) is 5.76 Å². The molecule has 0 aliphatic rings. The monoisotopic (exact) mass is 322 g/mol. The number of pyridine rings is 1. The molecular weight excluding hydrogens is 304 g/mol. The molecule has 1 unspecified atom stereocenters. The average Bonchev–Trinajstić information content (AvgIpc) is 2.89. The van der Waals surface area contributed by atoms with Crippen molar-refractivity contribution >= 4 is 15.9 Å². The minimum Gasteiger partial charge on any atom is -0.469 e. The number of furan rings is 1. The lowest BCUT2D eigenvalue weighted by Gasteiger charge is -2.17. The molecule has 0 aliphatic heterocycles. The Kier molecular flexibility index (Phi) is 5.16. The summed E-state index contributed by atoms with van der Waals surface area (Å²) in [7, 11) is 0. The van der Waals surface area contributed by atoms with E-state index in [9.17, 15) is 0 Å². The predicted molar refractivity (Wildman–Crippen MR) is 80.1 cm³/mol. The summed E-state index contributed by atoms with van der Waals surface area (Å²) in [5.41, 5.74) is 2.33. The summed E-state index contributed by atoms with van der Waals surface area (Å²) >= 11 is 3.41. The van der Waals surface area contributed by atoms with Crippen molar-refractivity contribution in [1.29, 1.82) is 0 Å². The highest BCUT2D eigenvalue weighted by atomic mass is 79.9. The maximum absolute atomic E-state index is 5.53. The molecule has 2 rings (SSSR count). The molecule has 0 aliphatic carbocycles. The number of likely N-dealkylation sites (N-methyl/N-ethyl adjacent to an activating group) is 1. The number of halogens is 1. The first-order chi connectivity index (χ1) is 9.24. The Morgan fingerprint density at radius 3 is 2.79 bits per heavy atom. The van der Waals surface area contributed by atoms with Crippen LogP contribution in [0.3, 0.4) is 0 Å². The summed E-state index contributed by atoms with van der Waals surface area (Å²) < 4.78 is 6.54. The fourth-order valence-corrected chi connectivity index (χ4v) is 2.46. The number of hydrogen-bond acceptors (Lipinski definition) is 3. The van der Waals surface area contributed by atoms with Crippen LogP contribution in [0.15, 0.2) is 39.5 Å². The smallest absolute Gasteiger partial charge is 0.108 e. The summed E-state index contributed by atoms with van der Waals surface area (Å²) in [6.07, 6.45) is 5.40. The van der Waals surface area contributed by atoms with Gasteiger partial charge in [-0.05, 0) is 40.7 Å². The lowest BCUT2D eigenvalue weighted by atomic mass is 10.0. The van der Waals surface area contributed by atoms with Gasteiger partial charge in [0.2, 0.25) is 0 Å². The molecule has 0 amide bonds. The van der Waals surface area contributed by atoms with Crippen LogP contribution in [-0.2, 0) is 12.8 Å². The van der Waals surface area contributed by atoms with Crippen molar-refractivity contribution < 1.29 is 4.42 Å². The summed E-state index contributed by atoms with van der Waals surface area (Å²) in [4.78, 5) is 4.45. The van der Waals surface area contributed by atoms with E-state index in [4.69, 9.17) is 4.42 Å². The van der Waals surface area contributed by atoms with Crippen molar-refractivity contribution in [3.63, 3.8) is 0 Å². The van der Waals surface area contributed by atoms with Gasteiger partial charge in [-0.25, -0.2) is 0 Å². The molecule has 4 heteroatoms. The maximum atomic E-state index is 5.53. The zero-order valence-corrected chi connectivity index (χ0v) is 12.9. The molecule has 0 spiro atoms. The first-order valence-electron chi connectivity index (χ1n) is 6.64. The first-order valence-corrected chi connectivity index (χ1v) is 7.44. The Labute approximate surface area is 122 Å². The van der Waals surface area contributed by atoms with Gasteiger partial charge in [0.05, 0.1) is 6.26 Å². The fourth-order valence-electron chi connectivity index (χ4n) is 2.22. The van der Waals surface area contributed by atoms with Crippen molar-refractivity contribution in [2.24, 2.45) is 0 Å². The quantitative estimate of drug-likeness (QED) is 0.876. The summed E-state index contributed by atoms with van der Waals surface area (Å²) in [5.74, 6) is 1.06. The second-order valence-corrected chi connectivity index (χ2v) is 5.35. The topological polar surface area (TPSA) is 38.1 Å². The van der Waals surface area contributed by atoms with Crippen LogP contribution >= 0.6 is 15.9 Å². The van der Waals surface area contributed by atoms with Crippen molar-refractivity contribution in [3.05, 3.63) is 52.1 Å². The largest absolute Gasteiger partial charge is 0.469 e. The summed E-state index contributed by atoms with van der Waals surface area (Å²) in [5, 5.41) is 3.51. The predicted octanol–water partition coefficient (Wildman–Crippen LogP) is 3.89. The Morgan fingerprint density at radius 1 is 1.32 bits per heavy atom. The fraction of sp³-hybridized carbons (Fsp3) is 0.400. The third kappa shape index (κ3) is 3.67. The van der Waals surface area contributed by atoms with Gasteiger partial charge in [-0.2, -0.15) is 0 Å². The van der Waals surface area contributed by atoms with Gasteiger partial charge < -0.3 is 9.73 Å². The highest BCUT2D eigenvalue weighted by molar-refractivity contribution is 9.10. The average molecular weight is 323 g/mol. The second-order valence-electron chi connectivity index (χ2n) is 4.43. The Bertz CT molecular complexity index is 507. The van der Waals surface area contributed by atoms with Gasteiger partial charge in [0, 0.05) is 40.8 Å². The van der Waals surface area contributed by atoms with Crippen molar-refractivity contribution in [3.8, 4) is 0 Å². The number of aryl methyl sites for hydroxylation is 1.